The highest BCUT2D eigenvalue weighted by Gasteiger charge is 2.23. The molecule has 0 bridgehead atoms. The number of hydrogen-bond donors (Lipinski definition) is 1. The smallest absolute Gasteiger partial charge is 0.255 e. The minimum atomic E-state index is 0.132. The molecule has 2 heterocycles. The number of carbonyl (C=O) groups excluding carboxylic acids is 1. The average molecular weight is 424 g/mol. The molecule has 1 saturated heterocycles. The molecule has 3 nitrogen and oxygen atoms in total. The molecule has 0 aliphatic carbocycles. The largest absolute Gasteiger partial charge is 0.337 e. The van der Waals surface area contributed by atoms with Gasteiger partial charge in [0, 0.05) is 19.1 Å². The van der Waals surface area contributed by atoms with Crippen LogP contribution < -0.4 is 5.32 Å². The highest BCUT2D eigenvalue weighted by molar-refractivity contribution is 9.12. The third kappa shape index (κ3) is 4.29. The van der Waals surface area contributed by atoms with E-state index in [1.807, 2.05) is 11.0 Å². The molecule has 1 atom stereocenters. The molecule has 0 saturated carbocycles. The highest BCUT2D eigenvalue weighted by atomic mass is 79.9. The molecule has 0 radical (unpaired) electrons. The topological polar surface area (TPSA) is 32.3 Å². The second-order valence-electron chi connectivity index (χ2n) is 5.14. The van der Waals surface area contributed by atoms with Crippen molar-refractivity contribution in [3.05, 3.63) is 19.2 Å². The Morgan fingerprint density at radius 3 is 2.85 bits per heavy atom. The Morgan fingerprint density at radius 1 is 1.50 bits per heavy atom. The van der Waals surface area contributed by atoms with Gasteiger partial charge in [0.05, 0.1) is 13.1 Å². The van der Waals surface area contributed by atoms with E-state index in [4.69, 9.17) is 0 Å². The number of halogens is 2. The molecule has 1 aliphatic rings. The lowest BCUT2D eigenvalue weighted by Crippen LogP contribution is -2.46. The van der Waals surface area contributed by atoms with E-state index in [0.29, 0.717) is 6.04 Å². The maximum atomic E-state index is 12.7. The summed E-state index contributed by atoms with van der Waals surface area (Å²) in [6.45, 7) is 4.82. The summed E-state index contributed by atoms with van der Waals surface area (Å²) in [6.07, 6.45) is 4.67. The van der Waals surface area contributed by atoms with Crippen LogP contribution in [0.5, 0.6) is 0 Å². The van der Waals surface area contributed by atoms with Crippen molar-refractivity contribution in [1.29, 1.82) is 0 Å². The van der Waals surface area contributed by atoms with Gasteiger partial charge in [0.15, 0.2) is 0 Å². The highest BCUT2D eigenvalue weighted by Crippen LogP contribution is 2.32. The van der Waals surface area contributed by atoms with Gasteiger partial charge in [-0.2, -0.15) is 0 Å². The van der Waals surface area contributed by atoms with Gasteiger partial charge in [-0.1, -0.05) is 13.3 Å². The van der Waals surface area contributed by atoms with E-state index < -0.39 is 0 Å². The summed E-state index contributed by atoms with van der Waals surface area (Å²) in [7, 11) is 0. The second-order valence-corrected chi connectivity index (χ2v) is 8.89. The molecule has 0 aromatic carbocycles. The average Bonchev–Trinajstić information content (AvgIpc) is 2.77. The van der Waals surface area contributed by atoms with E-state index in [1.54, 1.807) is 11.3 Å². The van der Waals surface area contributed by atoms with Gasteiger partial charge in [0.25, 0.3) is 5.91 Å². The van der Waals surface area contributed by atoms with Crippen molar-refractivity contribution < 1.29 is 4.79 Å². The Kier molecular flexibility index (Phi) is 6.52. The van der Waals surface area contributed by atoms with Gasteiger partial charge in [0.1, 0.15) is 0 Å². The Hall–Kier alpha value is 0.0900. The van der Waals surface area contributed by atoms with Crippen molar-refractivity contribution >= 4 is 49.1 Å². The third-order valence-corrected chi connectivity index (χ3v) is 5.86. The van der Waals surface area contributed by atoms with Crippen molar-refractivity contribution in [3.8, 4) is 0 Å². The summed E-state index contributed by atoms with van der Waals surface area (Å²) < 4.78 is 1.90. The van der Waals surface area contributed by atoms with Gasteiger partial charge in [-0.05, 0) is 63.7 Å². The zero-order valence-corrected chi connectivity index (χ0v) is 15.6. The van der Waals surface area contributed by atoms with Gasteiger partial charge in [-0.15, -0.1) is 11.3 Å². The first-order chi connectivity index (χ1) is 9.61. The molecule has 112 valence electrons. The molecule has 1 N–H and O–H groups in total. The predicted octanol–water partition coefficient (Wildman–Crippen LogP) is 4.27. The number of rotatable bonds is 5. The first-order valence-corrected chi connectivity index (χ1v) is 9.49. The van der Waals surface area contributed by atoms with E-state index >= 15 is 0 Å². The third-order valence-electron chi connectivity index (χ3n) is 3.52. The van der Waals surface area contributed by atoms with Crippen LogP contribution in [0.15, 0.2) is 13.6 Å². The van der Waals surface area contributed by atoms with Crippen LogP contribution in [0.25, 0.3) is 0 Å². The van der Waals surface area contributed by atoms with Crippen LogP contribution >= 0.6 is 43.2 Å². The van der Waals surface area contributed by atoms with Gasteiger partial charge >= 0.3 is 0 Å². The van der Waals surface area contributed by atoms with Gasteiger partial charge in [-0.25, -0.2) is 0 Å². The monoisotopic (exact) mass is 422 g/mol. The van der Waals surface area contributed by atoms with E-state index in [1.165, 1.54) is 19.3 Å². The summed E-state index contributed by atoms with van der Waals surface area (Å²) >= 11 is 8.48. The van der Waals surface area contributed by atoms with Crippen molar-refractivity contribution in [3.63, 3.8) is 0 Å². The van der Waals surface area contributed by atoms with Gasteiger partial charge in [-0.3, -0.25) is 4.79 Å². The molecule has 1 amide bonds. The summed E-state index contributed by atoms with van der Waals surface area (Å²) in [5.74, 6) is 0.132. The maximum Gasteiger partial charge on any atom is 0.255 e. The number of hydrogen-bond acceptors (Lipinski definition) is 3. The second kappa shape index (κ2) is 7.92. The molecular formula is C14H20Br2N2OS. The minimum absolute atomic E-state index is 0.132. The van der Waals surface area contributed by atoms with E-state index in [0.717, 1.165) is 39.2 Å². The first kappa shape index (κ1) is 16.5. The molecule has 2 rings (SSSR count). The Labute approximate surface area is 141 Å². The van der Waals surface area contributed by atoms with Crippen molar-refractivity contribution in [2.24, 2.45) is 0 Å². The van der Waals surface area contributed by atoms with Crippen molar-refractivity contribution in [2.75, 3.05) is 19.6 Å². The molecule has 1 fully saturated rings. The predicted molar refractivity (Wildman–Crippen MR) is 91.6 cm³/mol. The van der Waals surface area contributed by atoms with E-state index in [2.05, 4.69) is 44.1 Å². The SMILES string of the molecule is CCCN(CC1CCCCN1)C(=O)c1cc(Br)sc1Br. The minimum Gasteiger partial charge on any atom is -0.337 e. The van der Waals surface area contributed by atoms with Crippen LogP contribution in [-0.2, 0) is 0 Å². The van der Waals surface area contributed by atoms with E-state index in [-0.39, 0.29) is 5.91 Å². The van der Waals surface area contributed by atoms with Crippen molar-refractivity contribution in [1.82, 2.24) is 10.2 Å². The zero-order chi connectivity index (χ0) is 14.5. The maximum absolute atomic E-state index is 12.7. The molecule has 1 unspecified atom stereocenters. The van der Waals surface area contributed by atoms with Crippen LogP contribution in [0.3, 0.4) is 0 Å². The number of thiophene rings is 1. The van der Waals surface area contributed by atoms with Crippen molar-refractivity contribution in [2.45, 2.75) is 38.6 Å². The lowest BCUT2D eigenvalue weighted by atomic mass is 10.0. The van der Waals surface area contributed by atoms with E-state index in [9.17, 15) is 4.79 Å². The molecular weight excluding hydrogens is 404 g/mol. The van der Waals surface area contributed by atoms with Crippen LogP contribution in [0.1, 0.15) is 43.0 Å². The fraction of sp³-hybridized carbons (Fsp3) is 0.643. The summed E-state index contributed by atoms with van der Waals surface area (Å²) in [4.78, 5) is 14.7. The van der Waals surface area contributed by atoms with Crippen LogP contribution in [0, 0.1) is 0 Å². The molecule has 1 aliphatic heterocycles. The molecule has 20 heavy (non-hydrogen) atoms. The lowest BCUT2D eigenvalue weighted by molar-refractivity contribution is 0.0731. The number of nitrogens with zero attached hydrogens (tertiary/aromatic N) is 1. The number of piperidine rings is 1. The summed E-state index contributed by atoms with van der Waals surface area (Å²) in [5, 5.41) is 3.52. The standard InChI is InChI=1S/C14H20Br2N2OS/c1-2-7-18(9-10-5-3-4-6-17-10)14(19)11-8-12(15)20-13(11)16/h8,10,17H,2-7,9H2,1H3. The Bertz CT molecular complexity index is 458. The normalized spacial score (nSPS) is 19.1. The first-order valence-electron chi connectivity index (χ1n) is 7.09. The number of carbonyl (C=O) groups is 1. The van der Waals surface area contributed by atoms with Crippen LogP contribution in [-0.4, -0.2) is 36.5 Å². The molecule has 6 heteroatoms. The van der Waals surface area contributed by atoms with Gasteiger partial charge in [0.2, 0.25) is 0 Å². The zero-order valence-electron chi connectivity index (χ0n) is 11.6. The summed E-state index contributed by atoms with van der Waals surface area (Å²) in [6, 6.07) is 2.36. The fourth-order valence-corrected chi connectivity index (χ4v) is 5.33. The molecule has 1 aromatic heterocycles. The quantitative estimate of drug-likeness (QED) is 0.766. The summed E-state index contributed by atoms with van der Waals surface area (Å²) in [5.41, 5.74) is 0.770. The Balaban J connectivity index is 2.06. The van der Waals surface area contributed by atoms with Gasteiger partial charge < -0.3 is 10.2 Å². The van der Waals surface area contributed by atoms with Crippen LogP contribution in [0.4, 0.5) is 0 Å². The number of nitrogens with one attached hydrogen (secondary N) is 1. The number of amides is 1. The lowest BCUT2D eigenvalue weighted by Gasteiger charge is -2.30. The fourth-order valence-electron chi connectivity index (χ4n) is 2.55. The van der Waals surface area contributed by atoms with Crippen LogP contribution in [0.2, 0.25) is 0 Å². The molecule has 0 spiro atoms. The Morgan fingerprint density at radius 2 is 2.30 bits per heavy atom. The molecule has 1 aromatic rings.